The van der Waals surface area contributed by atoms with Crippen LogP contribution in [0.4, 0.5) is 5.82 Å². The summed E-state index contributed by atoms with van der Waals surface area (Å²) in [6.07, 6.45) is 7.69. The second-order valence-corrected chi connectivity index (χ2v) is 6.21. The number of anilines is 1. The first kappa shape index (κ1) is 16.2. The van der Waals surface area contributed by atoms with Crippen LogP contribution in [-0.4, -0.2) is 35.6 Å². The van der Waals surface area contributed by atoms with Crippen molar-refractivity contribution in [3.63, 3.8) is 0 Å². The van der Waals surface area contributed by atoms with Gasteiger partial charge in [-0.25, -0.2) is 9.97 Å². The number of aromatic nitrogens is 2. The summed E-state index contributed by atoms with van der Waals surface area (Å²) in [5, 5.41) is 3.65. The van der Waals surface area contributed by atoms with Crippen LogP contribution < -0.4 is 10.2 Å². The predicted octanol–water partition coefficient (Wildman–Crippen LogP) is 3.03. The monoisotopic (exact) mass is 290 g/mol. The maximum absolute atomic E-state index is 4.50. The molecule has 0 bridgehead atoms. The van der Waals surface area contributed by atoms with Crippen molar-refractivity contribution in [1.82, 2.24) is 15.3 Å². The smallest absolute Gasteiger partial charge is 0.132 e. The Bertz CT molecular complexity index is 421. The fourth-order valence-electron chi connectivity index (χ4n) is 3.12. The third kappa shape index (κ3) is 4.67. The first-order valence-electron chi connectivity index (χ1n) is 8.53. The van der Waals surface area contributed by atoms with Crippen LogP contribution in [0.2, 0.25) is 0 Å². The molecule has 1 saturated heterocycles. The molecule has 21 heavy (non-hydrogen) atoms. The molecular weight excluding hydrogens is 260 g/mol. The quantitative estimate of drug-likeness (QED) is 0.838. The van der Waals surface area contributed by atoms with Crippen molar-refractivity contribution < 1.29 is 0 Å². The third-order valence-corrected chi connectivity index (χ3v) is 4.42. The second-order valence-electron chi connectivity index (χ2n) is 6.21. The number of nitrogens with one attached hydrogen (secondary N) is 1. The highest BCUT2D eigenvalue weighted by molar-refractivity contribution is 5.39. The van der Waals surface area contributed by atoms with Gasteiger partial charge in [-0.3, -0.25) is 0 Å². The van der Waals surface area contributed by atoms with Gasteiger partial charge in [-0.05, 0) is 45.1 Å². The average Bonchev–Trinajstić information content (AvgIpc) is 2.53. The summed E-state index contributed by atoms with van der Waals surface area (Å²) in [5.41, 5.74) is 1.17. The van der Waals surface area contributed by atoms with E-state index >= 15 is 0 Å². The lowest BCUT2D eigenvalue weighted by Gasteiger charge is -2.36. The molecule has 4 nitrogen and oxygen atoms in total. The molecule has 2 atom stereocenters. The Labute approximate surface area is 129 Å². The van der Waals surface area contributed by atoms with Crippen LogP contribution in [0.15, 0.2) is 12.4 Å². The molecule has 2 rings (SSSR count). The van der Waals surface area contributed by atoms with Crippen molar-refractivity contribution in [2.24, 2.45) is 5.92 Å². The zero-order valence-corrected chi connectivity index (χ0v) is 13.8. The van der Waals surface area contributed by atoms with Crippen molar-refractivity contribution in [3.8, 4) is 0 Å². The number of rotatable bonds is 7. The Morgan fingerprint density at radius 3 is 2.95 bits per heavy atom. The average molecular weight is 290 g/mol. The van der Waals surface area contributed by atoms with E-state index in [0.29, 0.717) is 6.04 Å². The lowest BCUT2D eigenvalue weighted by atomic mass is 9.91. The SMILES string of the molecule is CCCNC(C)C1CCCN(c2cc(CCC)ncn2)C1. The minimum Gasteiger partial charge on any atom is -0.356 e. The number of hydrogen-bond donors (Lipinski definition) is 1. The van der Waals surface area contributed by atoms with Crippen molar-refractivity contribution in [2.45, 2.75) is 58.9 Å². The van der Waals surface area contributed by atoms with Crippen molar-refractivity contribution >= 4 is 5.82 Å². The molecule has 1 aromatic heterocycles. The number of hydrogen-bond acceptors (Lipinski definition) is 4. The molecule has 0 aromatic carbocycles. The van der Waals surface area contributed by atoms with Crippen LogP contribution in [-0.2, 0) is 6.42 Å². The normalized spacial score (nSPS) is 20.5. The van der Waals surface area contributed by atoms with Crippen molar-refractivity contribution in [1.29, 1.82) is 0 Å². The Kier molecular flexibility index (Phi) is 6.43. The minimum atomic E-state index is 0.588. The van der Waals surface area contributed by atoms with Crippen LogP contribution in [0.5, 0.6) is 0 Å². The fourth-order valence-corrected chi connectivity index (χ4v) is 3.12. The van der Waals surface area contributed by atoms with E-state index in [0.717, 1.165) is 44.2 Å². The highest BCUT2D eigenvalue weighted by atomic mass is 15.2. The standard InChI is InChI=1S/C17H30N4/c1-4-7-16-11-17(20-13-19-16)21-10-6-8-15(12-21)14(3)18-9-5-2/h11,13-15,18H,4-10,12H2,1-3H3. The Morgan fingerprint density at radius 1 is 1.33 bits per heavy atom. The second kappa shape index (κ2) is 8.32. The van der Waals surface area contributed by atoms with Crippen LogP contribution in [0.1, 0.15) is 52.1 Å². The van der Waals surface area contributed by atoms with E-state index in [1.165, 1.54) is 25.0 Å². The molecular formula is C17H30N4. The highest BCUT2D eigenvalue weighted by Gasteiger charge is 2.25. The molecule has 2 unspecified atom stereocenters. The van der Waals surface area contributed by atoms with Crippen molar-refractivity contribution in [3.05, 3.63) is 18.1 Å². The maximum Gasteiger partial charge on any atom is 0.132 e. The Hall–Kier alpha value is -1.16. The maximum atomic E-state index is 4.50. The summed E-state index contributed by atoms with van der Waals surface area (Å²) in [6, 6.07) is 2.76. The lowest BCUT2D eigenvalue weighted by molar-refractivity contribution is 0.320. The van der Waals surface area contributed by atoms with Gasteiger partial charge in [-0.15, -0.1) is 0 Å². The van der Waals surface area contributed by atoms with Crippen LogP contribution in [0.3, 0.4) is 0 Å². The molecule has 1 fully saturated rings. The number of aryl methyl sites for hydroxylation is 1. The lowest BCUT2D eigenvalue weighted by Crippen LogP contribution is -2.45. The van der Waals surface area contributed by atoms with Gasteiger partial charge in [-0.1, -0.05) is 20.3 Å². The summed E-state index contributed by atoms with van der Waals surface area (Å²) in [5.74, 6) is 1.83. The van der Waals surface area contributed by atoms with Crippen molar-refractivity contribution in [2.75, 3.05) is 24.5 Å². The molecule has 1 aromatic rings. The summed E-state index contributed by atoms with van der Waals surface area (Å²) in [4.78, 5) is 11.3. The Morgan fingerprint density at radius 2 is 2.19 bits per heavy atom. The summed E-state index contributed by atoms with van der Waals surface area (Å²) >= 11 is 0. The van der Waals surface area contributed by atoms with Gasteiger partial charge in [0, 0.05) is 30.9 Å². The van der Waals surface area contributed by atoms with Gasteiger partial charge in [0.2, 0.25) is 0 Å². The van der Waals surface area contributed by atoms with E-state index < -0.39 is 0 Å². The van der Waals surface area contributed by atoms with E-state index in [-0.39, 0.29) is 0 Å². The zero-order chi connectivity index (χ0) is 15.1. The summed E-state index contributed by atoms with van der Waals surface area (Å²) in [7, 11) is 0. The molecule has 2 heterocycles. The summed E-state index contributed by atoms with van der Waals surface area (Å²) < 4.78 is 0. The molecule has 4 heteroatoms. The van der Waals surface area contributed by atoms with E-state index in [9.17, 15) is 0 Å². The Balaban J connectivity index is 1.98. The van der Waals surface area contributed by atoms with Gasteiger partial charge >= 0.3 is 0 Å². The number of piperidine rings is 1. The van der Waals surface area contributed by atoms with Gasteiger partial charge < -0.3 is 10.2 Å². The van der Waals surface area contributed by atoms with E-state index in [4.69, 9.17) is 0 Å². The van der Waals surface area contributed by atoms with Gasteiger partial charge in [0.15, 0.2) is 0 Å². The van der Waals surface area contributed by atoms with Gasteiger partial charge in [0.05, 0.1) is 0 Å². The van der Waals surface area contributed by atoms with E-state index in [1.54, 1.807) is 6.33 Å². The highest BCUT2D eigenvalue weighted by Crippen LogP contribution is 2.24. The molecule has 118 valence electrons. The first-order valence-corrected chi connectivity index (χ1v) is 8.53. The fraction of sp³-hybridized carbons (Fsp3) is 0.765. The largest absolute Gasteiger partial charge is 0.356 e. The zero-order valence-electron chi connectivity index (χ0n) is 13.8. The van der Waals surface area contributed by atoms with Gasteiger partial charge in [-0.2, -0.15) is 0 Å². The molecule has 0 saturated carbocycles. The molecule has 0 spiro atoms. The number of nitrogens with zero attached hydrogens (tertiary/aromatic N) is 3. The van der Waals surface area contributed by atoms with E-state index in [2.05, 4.69) is 47.0 Å². The molecule has 1 aliphatic heterocycles. The van der Waals surface area contributed by atoms with Gasteiger partial charge in [0.1, 0.15) is 12.1 Å². The van der Waals surface area contributed by atoms with Crippen LogP contribution in [0.25, 0.3) is 0 Å². The first-order chi connectivity index (χ1) is 10.2. The molecule has 0 radical (unpaired) electrons. The molecule has 0 aliphatic carbocycles. The summed E-state index contributed by atoms with van der Waals surface area (Å²) in [6.45, 7) is 10.1. The molecule has 1 N–H and O–H groups in total. The topological polar surface area (TPSA) is 41.0 Å². The van der Waals surface area contributed by atoms with E-state index in [1.807, 2.05) is 0 Å². The minimum absolute atomic E-state index is 0.588. The molecule has 0 amide bonds. The molecule has 1 aliphatic rings. The predicted molar refractivity (Wildman–Crippen MR) is 88.7 cm³/mol. The van der Waals surface area contributed by atoms with Crippen LogP contribution in [0, 0.1) is 5.92 Å². The van der Waals surface area contributed by atoms with Gasteiger partial charge in [0.25, 0.3) is 0 Å². The van der Waals surface area contributed by atoms with Crippen LogP contribution >= 0.6 is 0 Å². The third-order valence-electron chi connectivity index (χ3n) is 4.42.